The quantitative estimate of drug-likeness (QED) is 0.739. The zero-order chi connectivity index (χ0) is 10.7. The molecule has 4 nitrogen and oxygen atoms in total. The Labute approximate surface area is 84.1 Å². The van der Waals surface area contributed by atoms with Crippen molar-refractivity contribution < 1.29 is 4.79 Å². The number of nitrogens with two attached hydrogens (primary N) is 1. The van der Waals surface area contributed by atoms with Crippen molar-refractivity contribution in [3.05, 3.63) is 23.0 Å². The molecule has 0 unspecified atom stereocenters. The van der Waals surface area contributed by atoms with Crippen molar-refractivity contribution in [2.45, 2.75) is 20.4 Å². The van der Waals surface area contributed by atoms with E-state index in [1.165, 1.54) is 0 Å². The molecule has 1 aromatic rings. The third kappa shape index (κ3) is 1.80. The van der Waals surface area contributed by atoms with E-state index in [0.29, 0.717) is 13.1 Å². The largest absolute Gasteiger partial charge is 0.352 e. The number of carbonyl (C=O) groups excluding carboxylic acids is 1. The van der Waals surface area contributed by atoms with Crippen molar-refractivity contribution >= 4 is 5.91 Å². The molecule has 0 saturated heterocycles. The lowest BCUT2D eigenvalue weighted by Gasteiger charge is -2.03. The average molecular weight is 195 g/mol. The molecule has 0 aliphatic carbocycles. The number of rotatable bonds is 3. The fourth-order valence-corrected chi connectivity index (χ4v) is 1.45. The second-order valence-corrected chi connectivity index (χ2v) is 3.26. The van der Waals surface area contributed by atoms with Crippen molar-refractivity contribution in [3.63, 3.8) is 0 Å². The van der Waals surface area contributed by atoms with E-state index >= 15 is 0 Å². The molecule has 0 spiro atoms. The number of hydrogen-bond donors (Lipinski definition) is 2. The average Bonchev–Trinajstić information content (AvgIpc) is 2.44. The van der Waals surface area contributed by atoms with Crippen LogP contribution < -0.4 is 11.1 Å². The molecular weight excluding hydrogens is 178 g/mol. The predicted octanol–water partition coefficient (Wildman–Crippen LogP) is 0.542. The highest BCUT2D eigenvalue weighted by atomic mass is 16.1. The monoisotopic (exact) mass is 195 g/mol. The zero-order valence-corrected chi connectivity index (χ0v) is 8.92. The van der Waals surface area contributed by atoms with Gasteiger partial charge in [0.1, 0.15) is 0 Å². The van der Waals surface area contributed by atoms with Gasteiger partial charge in [-0.1, -0.05) is 0 Å². The Kier molecular flexibility index (Phi) is 3.30. The van der Waals surface area contributed by atoms with E-state index < -0.39 is 0 Å². The molecule has 4 heteroatoms. The fraction of sp³-hybridized carbons (Fsp3) is 0.500. The van der Waals surface area contributed by atoms with Crippen LogP contribution >= 0.6 is 0 Å². The van der Waals surface area contributed by atoms with Crippen LogP contribution in [0.2, 0.25) is 0 Å². The number of nitrogens with zero attached hydrogens (tertiary/aromatic N) is 1. The number of hydrogen-bond acceptors (Lipinski definition) is 2. The molecule has 0 aromatic carbocycles. The van der Waals surface area contributed by atoms with Gasteiger partial charge in [-0.25, -0.2) is 0 Å². The van der Waals surface area contributed by atoms with Crippen molar-refractivity contribution in [1.29, 1.82) is 0 Å². The molecule has 78 valence electrons. The van der Waals surface area contributed by atoms with Gasteiger partial charge in [-0.3, -0.25) is 4.79 Å². The first-order valence-corrected chi connectivity index (χ1v) is 4.75. The number of amides is 1. The first-order valence-electron chi connectivity index (χ1n) is 4.75. The summed E-state index contributed by atoms with van der Waals surface area (Å²) in [6.07, 6.45) is 0. The maximum Gasteiger partial charge on any atom is 0.253 e. The smallest absolute Gasteiger partial charge is 0.253 e. The van der Waals surface area contributed by atoms with Crippen LogP contribution in [0.3, 0.4) is 0 Å². The summed E-state index contributed by atoms with van der Waals surface area (Å²) in [5.74, 6) is -0.0275. The zero-order valence-electron chi connectivity index (χ0n) is 8.92. The Morgan fingerprint density at radius 2 is 2.29 bits per heavy atom. The molecule has 0 saturated carbocycles. The van der Waals surface area contributed by atoms with Crippen LogP contribution in [-0.4, -0.2) is 17.0 Å². The van der Waals surface area contributed by atoms with Gasteiger partial charge >= 0.3 is 0 Å². The molecule has 0 fully saturated rings. The number of nitrogens with one attached hydrogen (secondary N) is 1. The molecule has 0 aliphatic heterocycles. The summed E-state index contributed by atoms with van der Waals surface area (Å²) in [5, 5.41) is 2.77. The lowest BCUT2D eigenvalue weighted by Crippen LogP contribution is -2.23. The highest BCUT2D eigenvalue weighted by Gasteiger charge is 2.13. The third-order valence-corrected chi connectivity index (χ3v) is 2.43. The Morgan fingerprint density at radius 3 is 2.71 bits per heavy atom. The SMILES string of the molecule is CCNC(=O)c1cc(CN)n(C)c1C. The highest BCUT2D eigenvalue weighted by molar-refractivity contribution is 5.95. The molecule has 14 heavy (non-hydrogen) atoms. The Hall–Kier alpha value is -1.29. The molecule has 0 aliphatic rings. The van der Waals surface area contributed by atoms with Gasteiger partial charge in [0.25, 0.3) is 5.91 Å². The lowest BCUT2D eigenvalue weighted by molar-refractivity contribution is 0.0955. The van der Waals surface area contributed by atoms with Gasteiger partial charge < -0.3 is 15.6 Å². The van der Waals surface area contributed by atoms with Crippen LogP contribution in [0.5, 0.6) is 0 Å². The predicted molar refractivity (Wildman–Crippen MR) is 56.0 cm³/mol. The van der Waals surface area contributed by atoms with Gasteiger partial charge in [-0.05, 0) is 19.9 Å². The Bertz CT molecular complexity index is 341. The van der Waals surface area contributed by atoms with Crippen LogP contribution in [0.25, 0.3) is 0 Å². The van der Waals surface area contributed by atoms with Crippen LogP contribution in [-0.2, 0) is 13.6 Å². The van der Waals surface area contributed by atoms with E-state index in [2.05, 4.69) is 5.32 Å². The molecular formula is C10H17N3O. The highest BCUT2D eigenvalue weighted by Crippen LogP contribution is 2.13. The molecule has 0 atom stereocenters. The third-order valence-electron chi connectivity index (χ3n) is 2.43. The summed E-state index contributed by atoms with van der Waals surface area (Å²) in [7, 11) is 1.92. The Balaban J connectivity index is 3.04. The van der Waals surface area contributed by atoms with Gasteiger partial charge in [0.05, 0.1) is 5.56 Å². The topological polar surface area (TPSA) is 60.1 Å². The van der Waals surface area contributed by atoms with Crippen molar-refractivity contribution in [1.82, 2.24) is 9.88 Å². The summed E-state index contributed by atoms with van der Waals surface area (Å²) in [6, 6.07) is 1.85. The number of aromatic nitrogens is 1. The Morgan fingerprint density at radius 1 is 1.64 bits per heavy atom. The molecule has 0 radical (unpaired) electrons. The van der Waals surface area contributed by atoms with E-state index in [1.54, 1.807) is 0 Å². The summed E-state index contributed by atoms with van der Waals surface area (Å²) < 4.78 is 1.95. The number of carbonyl (C=O) groups is 1. The van der Waals surface area contributed by atoms with Gasteiger partial charge in [0, 0.05) is 31.5 Å². The molecule has 1 rings (SSSR count). The first kappa shape index (κ1) is 10.8. The van der Waals surface area contributed by atoms with E-state index in [0.717, 1.165) is 17.0 Å². The van der Waals surface area contributed by atoms with Crippen LogP contribution in [0, 0.1) is 6.92 Å². The summed E-state index contributed by atoms with van der Waals surface area (Å²) in [4.78, 5) is 11.6. The van der Waals surface area contributed by atoms with Gasteiger partial charge in [-0.15, -0.1) is 0 Å². The normalized spacial score (nSPS) is 10.3. The standard InChI is InChI=1S/C10H17N3O/c1-4-12-10(14)9-5-8(6-11)13(3)7(9)2/h5H,4,6,11H2,1-3H3,(H,12,14). The van der Waals surface area contributed by atoms with E-state index in [1.807, 2.05) is 31.5 Å². The maximum atomic E-state index is 11.6. The molecule has 1 heterocycles. The van der Waals surface area contributed by atoms with Crippen molar-refractivity contribution in [2.24, 2.45) is 12.8 Å². The van der Waals surface area contributed by atoms with E-state index in [9.17, 15) is 4.79 Å². The van der Waals surface area contributed by atoms with Crippen LogP contribution in [0.15, 0.2) is 6.07 Å². The van der Waals surface area contributed by atoms with E-state index in [-0.39, 0.29) is 5.91 Å². The van der Waals surface area contributed by atoms with E-state index in [4.69, 9.17) is 5.73 Å². The second-order valence-electron chi connectivity index (χ2n) is 3.26. The van der Waals surface area contributed by atoms with Crippen molar-refractivity contribution in [2.75, 3.05) is 6.54 Å². The van der Waals surface area contributed by atoms with Crippen LogP contribution in [0.1, 0.15) is 28.7 Å². The van der Waals surface area contributed by atoms with Gasteiger partial charge in [0.15, 0.2) is 0 Å². The fourth-order valence-electron chi connectivity index (χ4n) is 1.45. The summed E-state index contributed by atoms with van der Waals surface area (Å²) in [6.45, 7) is 4.92. The molecule has 1 aromatic heterocycles. The minimum absolute atomic E-state index is 0.0275. The van der Waals surface area contributed by atoms with Crippen molar-refractivity contribution in [3.8, 4) is 0 Å². The lowest BCUT2D eigenvalue weighted by atomic mass is 10.2. The minimum Gasteiger partial charge on any atom is -0.352 e. The van der Waals surface area contributed by atoms with Gasteiger partial charge in [-0.2, -0.15) is 0 Å². The second kappa shape index (κ2) is 4.28. The molecule has 1 amide bonds. The minimum atomic E-state index is -0.0275. The van der Waals surface area contributed by atoms with Gasteiger partial charge in [0.2, 0.25) is 0 Å². The summed E-state index contributed by atoms with van der Waals surface area (Å²) in [5.41, 5.74) is 8.20. The maximum absolute atomic E-state index is 11.6. The van der Waals surface area contributed by atoms with Crippen LogP contribution in [0.4, 0.5) is 0 Å². The summed E-state index contributed by atoms with van der Waals surface area (Å²) >= 11 is 0. The molecule has 3 N–H and O–H groups in total. The first-order chi connectivity index (χ1) is 6.61. The molecule has 0 bridgehead atoms.